The molecule has 0 bridgehead atoms. The van der Waals surface area contributed by atoms with E-state index in [9.17, 15) is 9.59 Å². The Morgan fingerprint density at radius 3 is 2.38 bits per heavy atom. The number of aromatic nitrogens is 2. The predicted molar refractivity (Wildman–Crippen MR) is 121 cm³/mol. The highest BCUT2D eigenvalue weighted by molar-refractivity contribution is 5.77. The Morgan fingerprint density at radius 1 is 1.00 bits per heavy atom. The molecule has 0 unspecified atom stereocenters. The van der Waals surface area contributed by atoms with Gasteiger partial charge in [0.25, 0.3) is 5.91 Å². The molecular weight excluding hydrogens is 416 g/mol. The van der Waals surface area contributed by atoms with E-state index in [0.717, 1.165) is 5.56 Å². The number of nitrogens with one attached hydrogen (secondary N) is 2. The summed E-state index contributed by atoms with van der Waals surface area (Å²) in [5.41, 5.74) is 0.776. The highest BCUT2D eigenvalue weighted by atomic mass is 16.5. The topological polar surface area (TPSA) is 125 Å². The molecule has 1 aromatic carbocycles. The summed E-state index contributed by atoms with van der Waals surface area (Å²) in [6.07, 6.45) is 0.335. The van der Waals surface area contributed by atoms with Crippen LogP contribution in [0, 0.1) is 12.8 Å². The van der Waals surface area contributed by atoms with Crippen LogP contribution in [0.3, 0.4) is 0 Å². The molecule has 0 aliphatic rings. The number of hydrogen-bond donors (Lipinski definition) is 2. The first-order valence-electron chi connectivity index (χ1n) is 10.7. The summed E-state index contributed by atoms with van der Waals surface area (Å²) in [6, 6.07) is 7.04. The zero-order chi connectivity index (χ0) is 23.2. The number of benzene rings is 1. The minimum atomic E-state index is -0.242. The van der Waals surface area contributed by atoms with E-state index >= 15 is 0 Å². The first-order valence-corrected chi connectivity index (χ1v) is 10.7. The molecule has 0 aliphatic carbocycles. The lowest BCUT2D eigenvalue weighted by atomic mass is 10.2. The minimum absolute atomic E-state index is 0. The van der Waals surface area contributed by atoms with Crippen molar-refractivity contribution in [1.29, 1.82) is 0 Å². The van der Waals surface area contributed by atoms with Gasteiger partial charge >= 0.3 is 0 Å². The molecule has 180 valence electrons. The number of carbonyl (C=O) groups excluding carboxylic acids is 2. The van der Waals surface area contributed by atoms with Gasteiger partial charge in [-0.2, -0.15) is 0 Å². The fourth-order valence-corrected chi connectivity index (χ4v) is 2.46. The Kier molecular flexibility index (Phi) is 11.2. The molecule has 10 nitrogen and oxygen atoms in total. The Balaban J connectivity index is 0.00000544. The van der Waals surface area contributed by atoms with E-state index in [4.69, 9.17) is 18.6 Å². The molecular formula is C22H36N4O6. The van der Waals surface area contributed by atoms with E-state index in [1.165, 1.54) is 0 Å². The number of carbonyl (C=O) groups is 2. The van der Waals surface area contributed by atoms with Crippen LogP contribution in [0.4, 0.5) is 0 Å². The molecule has 1 aromatic heterocycles. The number of rotatable bonds is 15. The lowest BCUT2D eigenvalue weighted by molar-refractivity contribution is -0.123. The van der Waals surface area contributed by atoms with Gasteiger partial charge in [0, 0.05) is 34.9 Å². The van der Waals surface area contributed by atoms with Crippen molar-refractivity contribution in [2.24, 2.45) is 5.92 Å². The van der Waals surface area contributed by atoms with E-state index in [1.54, 1.807) is 31.2 Å². The molecule has 2 aromatic rings. The fourth-order valence-electron chi connectivity index (χ4n) is 2.46. The van der Waals surface area contributed by atoms with Gasteiger partial charge in [0.05, 0.1) is 26.4 Å². The summed E-state index contributed by atoms with van der Waals surface area (Å²) in [5.74, 6) is 1.67. The van der Waals surface area contributed by atoms with Crippen LogP contribution in [0.15, 0.2) is 28.7 Å². The average molecular weight is 453 g/mol. The van der Waals surface area contributed by atoms with Gasteiger partial charge in [-0.05, 0) is 30.2 Å². The van der Waals surface area contributed by atoms with Crippen LogP contribution in [0.2, 0.25) is 0 Å². The van der Waals surface area contributed by atoms with Crippen LogP contribution >= 0.6 is 0 Å². The summed E-state index contributed by atoms with van der Waals surface area (Å²) < 4.78 is 21.6. The summed E-state index contributed by atoms with van der Waals surface area (Å²) in [5, 5.41) is 13.3. The molecule has 0 aliphatic heterocycles. The Bertz CT molecular complexity index is 833. The van der Waals surface area contributed by atoms with Gasteiger partial charge in [-0.3, -0.25) is 9.59 Å². The van der Waals surface area contributed by atoms with Crippen LogP contribution in [0.1, 0.15) is 29.0 Å². The predicted octanol–water partition coefficient (Wildman–Crippen LogP) is 2.23. The van der Waals surface area contributed by atoms with Gasteiger partial charge in [0.15, 0.2) is 6.61 Å². The summed E-state index contributed by atoms with van der Waals surface area (Å²) in [7, 11) is 0. The monoisotopic (exact) mass is 452 g/mol. The third-order valence-electron chi connectivity index (χ3n) is 4.12. The van der Waals surface area contributed by atoms with E-state index in [-0.39, 0.29) is 21.3 Å². The van der Waals surface area contributed by atoms with Crippen LogP contribution in [-0.2, 0) is 19.1 Å². The highest BCUT2D eigenvalue weighted by Crippen LogP contribution is 2.21. The number of hydrogen-bond acceptors (Lipinski definition) is 8. The van der Waals surface area contributed by atoms with E-state index in [1.807, 2.05) is 13.8 Å². The first-order chi connectivity index (χ1) is 15.4. The van der Waals surface area contributed by atoms with E-state index in [2.05, 4.69) is 20.8 Å². The second-order valence-electron chi connectivity index (χ2n) is 7.46. The van der Waals surface area contributed by atoms with Crippen molar-refractivity contribution in [2.75, 3.05) is 46.1 Å². The Labute approximate surface area is 191 Å². The van der Waals surface area contributed by atoms with Crippen molar-refractivity contribution < 1.29 is 31.1 Å². The molecule has 2 rings (SSSR count). The molecule has 2 amide bonds. The Hall–Kier alpha value is -2.98. The van der Waals surface area contributed by atoms with E-state index in [0.29, 0.717) is 69.4 Å². The molecule has 2 N–H and O–H groups in total. The largest absolute Gasteiger partial charge is 0.484 e. The summed E-state index contributed by atoms with van der Waals surface area (Å²) in [4.78, 5) is 23.4. The van der Waals surface area contributed by atoms with Crippen molar-refractivity contribution >= 4 is 11.8 Å². The number of aryl methyl sites for hydroxylation is 1. The fraction of sp³-hybridized carbons (Fsp3) is 0.545. The van der Waals surface area contributed by atoms with Crippen molar-refractivity contribution in [1.82, 2.24) is 20.8 Å². The lowest BCUT2D eigenvalue weighted by Crippen LogP contribution is -2.32. The molecule has 0 fully saturated rings. The number of nitrogens with zero attached hydrogens (tertiary/aromatic N) is 2. The van der Waals surface area contributed by atoms with Crippen LogP contribution in [-0.4, -0.2) is 68.1 Å². The van der Waals surface area contributed by atoms with Gasteiger partial charge in [-0.1, -0.05) is 13.8 Å². The van der Waals surface area contributed by atoms with Crippen LogP contribution < -0.4 is 15.4 Å². The van der Waals surface area contributed by atoms with Crippen LogP contribution in [0.25, 0.3) is 11.5 Å². The second-order valence-corrected chi connectivity index (χ2v) is 7.46. The average Bonchev–Trinajstić information content (AvgIpc) is 3.21. The molecule has 0 radical (unpaired) electrons. The molecule has 0 saturated carbocycles. The number of amides is 2. The van der Waals surface area contributed by atoms with Gasteiger partial charge in [0.1, 0.15) is 5.75 Å². The maximum Gasteiger partial charge on any atom is 0.258 e. The quantitative estimate of drug-likeness (QED) is 0.394. The lowest BCUT2D eigenvalue weighted by Gasteiger charge is -2.09. The highest BCUT2D eigenvalue weighted by Gasteiger charge is 2.07. The van der Waals surface area contributed by atoms with Gasteiger partial charge in [0.2, 0.25) is 17.7 Å². The molecule has 10 heteroatoms. The molecule has 0 atom stereocenters. The molecule has 0 saturated heterocycles. The van der Waals surface area contributed by atoms with Gasteiger partial charge < -0.3 is 29.3 Å². The molecule has 0 spiro atoms. The summed E-state index contributed by atoms with van der Waals surface area (Å²) in [6.45, 7) is 8.27. The smallest absolute Gasteiger partial charge is 0.258 e. The van der Waals surface area contributed by atoms with E-state index < -0.39 is 0 Å². The zero-order valence-electron chi connectivity index (χ0n) is 18.9. The standard InChI is InChI=1S/C22H32N4O6.2H2/c1-16(2)14-24-20(27)8-10-29-12-13-30-11-9-23-21(28)15-31-19-6-4-18(5-7-19)22-26-25-17(3)32-22;;/h4-7,16H,8-15H2,1-3H3,(H,23,28)(H,24,27);2*1H. The van der Waals surface area contributed by atoms with Crippen molar-refractivity contribution in [3.63, 3.8) is 0 Å². The minimum Gasteiger partial charge on any atom is -0.484 e. The van der Waals surface area contributed by atoms with Crippen molar-refractivity contribution in [3.05, 3.63) is 30.2 Å². The van der Waals surface area contributed by atoms with Crippen molar-refractivity contribution in [3.8, 4) is 17.2 Å². The number of ether oxygens (including phenoxy) is 3. The normalized spacial score (nSPS) is 10.9. The Morgan fingerprint density at radius 2 is 1.72 bits per heavy atom. The van der Waals surface area contributed by atoms with Crippen LogP contribution in [0.5, 0.6) is 5.75 Å². The van der Waals surface area contributed by atoms with Gasteiger partial charge in [-0.15, -0.1) is 10.2 Å². The summed E-state index contributed by atoms with van der Waals surface area (Å²) >= 11 is 0. The SMILES string of the molecule is Cc1nnc(-c2ccc(OCC(=O)NCCOCCOCCC(=O)NCC(C)C)cc2)o1.[HH].[HH]. The third-order valence-corrected chi connectivity index (χ3v) is 4.12. The molecule has 1 heterocycles. The second kappa shape index (κ2) is 14.2. The van der Waals surface area contributed by atoms with Gasteiger partial charge in [-0.25, -0.2) is 0 Å². The molecule has 32 heavy (non-hydrogen) atoms. The zero-order valence-corrected chi connectivity index (χ0v) is 18.9. The first kappa shape index (κ1) is 25.3. The van der Waals surface area contributed by atoms with Crippen molar-refractivity contribution in [2.45, 2.75) is 27.2 Å². The maximum absolute atomic E-state index is 11.9. The maximum atomic E-state index is 11.9. The third kappa shape index (κ3) is 10.4.